The van der Waals surface area contributed by atoms with Crippen LogP contribution in [0.3, 0.4) is 0 Å². The molecular formula is C22H30N4O2S. The van der Waals surface area contributed by atoms with E-state index in [1.807, 2.05) is 50.7 Å². The third kappa shape index (κ3) is 5.48. The number of carbonyl (C=O) groups is 1. The van der Waals surface area contributed by atoms with Gasteiger partial charge in [0.1, 0.15) is 5.03 Å². The van der Waals surface area contributed by atoms with Gasteiger partial charge >= 0.3 is 5.69 Å². The first-order valence-electron chi connectivity index (χ1n) is 10.1. The highest BCUT2D eigenvalue weighted by Crippen LogP contribution is 2.28. The molecule has 1 aliphatic carbocycles. The molecule has 1 aromatic heterocycles. The second-order valence-corrected chi connectivity index (χ2v) is 8.91. The van der Waals surface area contributed by atoms with Crippen LogP contribution >= 0.6 is 11.8 Å². The summed E-state index contributed by atoms with van der Waals surface area (Å²) in [5.74, 6) is 0.167. The second kappa shape index (κ2) is 9.59. The van der Waals surface area contributed by atoms with Gasteiger partial charge in [0.15, 0.2) is 0 Å². The van der Waals surface area contributed by atoms with Crippen LogP contribution in [-0.4, -0.2) is 46.8 Å². The maximum Gasteiger partial charge on any atom is 0.348 e. The number of hydrogen-bond acceptors (Lipinski definition) is 5. The molecule has 7 heteroatoms. The van der Waals surface area contributed by atoms with E-state index in [9.17, 15) is 9.59 Å². The molecule has 3 rings (SSSR count). The zero-order chi connectivity index (χ0) is 21.0. The lowest BCUT2D eigenvalue weighted by atomic mass is 9.97. The number of anilines is 1. The fraction of sp³-hybridized carbons (Fsp3) is 0.500. The Morgan fingerprint density at radius 3 is 2.76 bits per heavy atom. The van der Waals surface area contributed by atoms with Gasteiger partial charge < -0.3 is 10.2 Å². The quantitative estimate of drug-likeness (QED) is 0.557. The smallest absolute Gasteiger partial charge is 0.325 e. The van der Waals surface area contributed by atoms with Crippen molar-refractivity contribution in [3.8, 4) is 0 Å². The van der Waals surface area contributed by atoms with Crippen LogP contribution in [0.25, 0.3) is 0 Å². The largest absolute Gasteiger partial charge is 0.348 e. The summed E-state index contributed by atoms with van der Waals surface area (Å²) in [5.41, 5.74) is 5.04. The number of likely N-dealkylation sites (N-methyl/N-ethyl adjacent to an activating group) is 1. The highest BCUT2D eigenvalue weighted by molar-refractivity contribution is 8.00. The Bertz CT molecular complexity index is 953. The molecule has 2 aromatic rings. The molecule has 0 saturated heterocycles. The van der Waals surface area contributed by atoms with Crippen LogP contribution < -0.4 is 11.0 Å². The molecule has 0 bridgehead atoms. The topological polar surface area (TPSA) is 67.2 Å². The molecule has 0 aliphatic heterocycles. The van der Waals surface area contributed by atoms with Gasteiger partial charge in [-0.25, -0.2) is 4.79 Å². The minimum atomic E-state index is -0.204. The van der Waals surface area contributed by atoms with Crippen LogP contribution in [0.1, 0.15) is 35.2 Å². The van der Waals surface area contributed by atoms with Crippen molar-refractivity contribution in [1.29, 1.82) is 0 Å². The lowest BCUT2D eigenvalue weighted by molar-refractivity contribution is -0.113. The van der Waals surface area contributed by atoms with E-state index in [0.717, 1.165) is 65.3 Å². The van der Waals surface area contributed by atoms with Crippen molar-refractivity contribution in [3.63, 3.8) is 0 Å². The molecule has 29 heavy (non-hydrogen) atoms. The van der Waals surface area contributed by atoms with E-state index in [4.69, 9.17) is 0 Å². The lowest BCUT2D eigenvalue weighted by Gasteiger charge is -2.23. The predicted octanol–water partition coefficient (Wildman–Crippen LogP) is 3.03. The van der Waals surface area contributed by atoms with Crippen LogP contribution in [-0.2, 0) is 24.2 Å². The number of thioether (sulfide) groups is 1. The minimum Gasteiger partial charge on any atom is -0.325 e. The molecule has 0 unspecified atom stereocenters. The van der Waals surface area contributed by atoms with Crippen molar-refractivity contribution >= 4 is 23.4 Å². The molecule has 6 nitrogen and oxygen atoms in total. The van der Waals surface area contributed by atoms with Crippen molar-refractivity contribution in [2.75, 3.05) is 31.7 Å². The summed E-state index contributed by atoms with van der Waals surface area (Å²) in [6.45, 7) is 5.44. The summed E-state index contributed by atoms with van der Waals surface area (Å²) in [7, 11) is 4.01. The average molecular weight is 415 g/mol. The van der Waals surface area contributed by atoms with Gasteiger partial charge in [0, 0.05) is 30.0 Å². The van der Waals surface area contributed by atoms with Crippen molar-refractivity contribution in [2.24, 2.45) is 0 Å². The number of aromatic nitrogens is 2. The van der Waals surface area contributed by atoms with Gasteiger partial charge in [0.25, 0.3) is 0 Å². The Morgan fingerprint density at radius 1 is 1.24 bits per heavy atom. The summed E-state index contributed by atoms with van der Waals surface area (Å²) < 4.78 is 1.83. The third-order valence-electron chi connectivity index (χ3n) is 5.23. The number of benzene rings is 1. The number of nitrogens with one attached hydrogen (secondary N) is 1. The minimum absolute atomic E-state index is 0.0770. The molecule has 1 N–H and O–H groups in total. The van der Waals surface area contributed by atoms with Gasteiger partial charge in [-0.15, -0.1) is 0 Å². The van der Waals surface area contributed by atoms with Crippen molar-refractivity contribution in [3.05, 3.63) is 51.1 Å². The van der Waals surface area contributed by atoms with E-state index < -0.39 is 0 Å². The monoisotopic (exact) mass is 414 g/mol. The summed E-state index contributed by atoms with van der Waals surface area (Å²) in [4.78, 5) is 31.6. The number of aryl methyl sites for hydroxylation is 2. The number of fused-ring (bicyclic) bond motifs is 1. The number of rotatable bonds is 7. The summed E-state index contributed by atoms with van der Waals surface area (Å²) in [5, 5.41) is 3.71. The summed E-state index contributed by atoms with van der Waals surface area (Å²) in [6.07, 6.45) is 4.02. The Labute approximate surface area is 176 Å². The van der Waals surface area contributed by atoms with Crippen LogP contribution in [0.15, 0.2) is 28.0 Å². The second-order valence-electron chi connectivity index (χ2n) is 7.94. The number of nitrogens with zero attached hydrogens (tertiary/aromatic N) is 3. The summed E-state index contributed by atoms with van der Waals surface area (Å²) in [6, 6.07) is 6.01. The van der Waals surface area contributed by atoms with Gasteiger partial charge in [0.05, 0.1) is 5.75 Å². The van der Waals surface area contributed by atoms with Crippen molar-refractivity contribution < 1.29 is 4.79 Å². The first-order valence-corrected chi connectivity index (χ1v) is 11.1. The standard InChI is InChI=1S/C22H30N4O2S/c1-15-9-10-16(2)18(13-15)23-20(27)14-29-21-17-7-5-6-8-19(17)26(22(28)24-21)12-11-25(3)4/h9-10,13H,5-8,11-12,14H2,1-4H3,(H,23,27). The van der Waals surface area contributed by atoms with E-state index in [2.05, 4.69) is 15.2 Å². The SMILES string of the molecule is Cc1ccc(C)c(NC(=O)CSc2nc(=O)n(CCN(C)C)c3c2CCCC3)c1. The number of hydrogen-bond donors (Lipinski definition) is 1. The fourth-order valence-corrected chi connectivity index (χ4v) is 4.47. The highest BCUT2D eigenvalue weighted by atomic mass is 32.2. The van der Waals surface area contributed by atoms with Gasteiger partial charge in [-0.2, -0.15) is 4.98 Å². The van der Waals surface area contributed by atoms with E-state index in [-0.39, 0.29) is 17.3 Å². The van der Waals surface area contributed by atoms with E-state index in [1.165, 1.54) is 11.8 Å². The Hall–Kier alpha value is -2.12. The lowest BCUT2D eigenvalue weighted by Crippen LogP contribution is -2.33. The zero-order valence-electron chi connectivity index (χ0n) is 17.7. The molecule has 0 saturated carbocycles. The van der Waals surface area contributed by atoms with E-state index in [1.54, 1.807) is 0 Å². The first kappa shape index (κ1) is 21.6. The number of amides is 1. The Kier molecular flexibility index (Phi) is 7.14. The van der Waals surface area contributed by atoms with Crippen LogP contribution in [0, 0.1) is 13.8 Å². The zero-order valence-corrected chi connectivity index (χ0v) is 18.6. The van der Waals surface area contributed by atoms with Gasteiger partial charge in [0.2, 0.25) is 5.91 Å². The molecule has 1 aliphatic rings. The van der Waals surface area contributed by atoms with Crippen molar-refractivity contribution in [2.45, 2.75) is 51.1 Å². The number of carbonyl (C=O) groups excluding carboxylic acids is 1. The average Bonchev–Trinajstić information content (AvgIpc) is 2.68. The molecule has 0 atom stereocenters. The van der Waals surface area contributed by atoms with Crippen LogP contribution in [0.4, 0.5) is 5.69 Å². The van der Waals surface area contributed by atoms with Crippen LogP contribution in [0.5, 0.6) is 0 Å². The predicted molar refractivity (Wildman–Crippen MR) is 119 cm³/mol. The van der Waals surface area contributed by atoms with Gasteiger partial charge in [-0.05, 0) is 70.8 Å². The molecule has 1 aromatic carbocycles. The molecule has 0 spiro atoms. The Morgan fingerprint density at radius 2 is 2.00 bits per heavy atom. The molecule has 1 amide bonds. The molecular weight excluding hydrogens is 384 g/mol. The van der Waals surface area contributed by atoms with Gasteiger partial charge in [-0.3, -0.25) is 9.36 Å². The summed E-state index contributed by atoms with van der Waals surface area (Å²) >= 11 is 1.37. The third-order valence-corrected chi connectivity index (χ3v) is 6.25. The Balaban J connectivity index is 1.75. The van der Waals surface area contributed by atoms with Gasteiger partial charge in [-0.1, -0.05) is 23.9 Å². The molecule has 0 fully saturated rings. The molecule has 156 valence electrons. The van der Waals surface area contributed by atoms with E-state index >= 15 is 0 Å². The molecule has 0 radical (unpaired) electrons. The van der Waals surface area contributed by atoms with Crippen LogP contribution in [0.2, 0.25) is 0 Å². The normalized spacial score (nSPS) is 13.4. The molecule has 1 heterocycles. The first-order chi connectivity index (χ1) is 13.8. The maximum atomic E-state index is 12.7. The van der Waals surface area contributed by atoms with E-state index in [0.29, 0.717) is 6.54 Å². The maximum absolute atomic E-state index is 12.7. The fourth-order valence-electron chi connectivity index (χ4n) is 3.59. The van der Waals surface area contributed by atoms with Crippen molar-refractivity contribution in [1.82, 2.24) is 14.5 Å². The highest BCUT2D eigenvalue weighted by Gasteiger charge is 2.21.